The summed E-state index contributed by atoms with van der Waals surface area (Å²) in [6.07, 6.45) is 44.5. The van der Waals surface area contributed by atoms with Crippen molar-refractivity contribution < 1.29 is 64.6 Å². The Bertz CT molecular complexity index is 1380. The number of allylic oxidation sites excluding steroid dienone is 1. The van der Waals surface area contributed by atoms with Gasteiger partial charge in [0.25, 0.3) is 0 Å². The van der Waals surface area contributed by atoms with Crippen LogP contribution in [0.1, 0.15) is 303 Å². The lowest BCUT2D eigenvalue weighted by Crippen LogP contribution is -2.65. The summed E-state index contributed by atoms with van der Waals surface area (Å²) in [6, 6.07) is -0.909. The molecule has 0 spiro atoms. The van der Waals surface area contributed by atoms with Crippen LogP contribution in [-0.4, -0.2) is 140 Å². The van der Waals surface area contributed by atoms with Crippen LogP contribution < -0.4 is 5.32 Å². The number of carbonyl (C=O) groups excluding carboxylic acids is 1. The lowest BCUT2D eigenvalue weighted by Gasteiger charge is -2.46. The molecule has 0 aliphatic carbocycles. The molecule has 4 unspecified atom stereocenters. The van der Waals surface area contributed by atoms with Crippen LogP contribution in [0.3, 0.4) is 0 Å². The van der Waals surface area contributed by atoms with Crippen LogP contribution >= 0.6 is 0 Å². The summed E-state index contributed by atoms with van der Waals surface area (Å²) in [5.41, 5.74) is 0. The molecule has 0 saturated carbocycles. The number of carbonyl (C=O) groups is 1. The average Bonchev–Trinajstić information content (AvgIpc) is 3.55. The molecule has 0 aromatic rings. The van der Waals surface area contributed by atoms with Gasteiger partial charge in [0.2, 0.25) is 5.91 Å². The highest BCUT2D eigenvalue weighted by atomic mass is 16.7. The Morgan fingerprint density at radius 2 is 0.785 bits per heavy atom. The smallest absolute Gasteiger partial charge is 0.220 e. The summed E-state index contributed by atoms with van der Waals surface area (Å²) in [7, 11) is 0. The lowest BCUT2D eigenvalue weighted by molar-refractivity contribution is -0.359. The number of hydrogen-bond donors (Lipinski definition) is 9. The van der Waals surface area contributed by atoms with Crippen molar-refractivity contribution in [2.45, 2.75) is 376 Å². The highest BCUT2D eigenvalue weighted by Gasteiger charge is 2.51. The van der Waals surface area contributed by atoms with Crippen LogP contribution in [0.25, 0.3) is 0 Å². The number of ether oxygens (including phenoxy) is 4. The zero-order valence-electron chi connectivity index (χ0n) is 50.6. The predicted octanol–water partition coefficient (Wildman–Crippen LogP) is 12.6. The zero-order valence-corrected chi connectivity index (χ0v) is 50.6. The molecule has 12 atom stereocenters. The van der Waals surface area contributed by atoms with Crippen molar-refractivity contribution in [3.63, 3.8) is 0 Å². The van der Waals surface area contributed by atoms with E-state index in [0.29, 0.717) is 6.42 Å². The summed E-state index contributed by atoms with van der Waals surface area (Å²) >= 11 is 0. The minimum atomic E-state index is -1.79. The number of nitrogens with one attached hydrogen (secondary N) is 1. The molecule has 2 rings (SSSR count). The van der Waals surface area contributed by atoms with Crippen molar-refractivity contribution in [2.75, 3.05) is 19.8 Å². The summed E-state index contributed by atoms with van der Waals surface area (Å²) < 4.78 is 22.8. The molecule has 1 amide bonds. The van der Waals surface area contributed by atoms with E-state index < -0.39 is 86.8 Å². The van der Waals surface area contributed by atoms with E-state index in [1.54, 1.807) is 6.08 Å². The molecule has 79 heavy (non-hydrogen) atoms. The van der Waals surface area contributed by atoms with Crippen LogP contribution in [0.4, 0.5) is 0 Å². The van der Waals surface area contributed by atoms with Gasteiger partial charge in [-0.2, -0.15) is 0 Å². The molecule has 0 aromatic heterocycles. The molecule has 468 valence electrons. The van der Waals surface area contributed by atoms with Gasteiger partial charge in [-0.3, -0.25) is 4.79 Å². The second-order valence-corrected chi connectivity index (χ2v) is 24.0. The fraction of sp³-hybridized carbons (Fsp3) is 0.954. The van der Waals surface area contributed by atoms with Crippen molar-refractivity contribution in [1.82, 2.24) is 5.32 Å². The minimum Gasteiger partial charge on any atom is -0.394 e. The first-order valence-electron chi connectivity index (χ1n) is 33.4. The highest BCUT2D eigenvalue weighted by molar-refractivity contribution is 5.76. The third-order valence-corrected chi connectivity index (χ3v) is 16.7. The van der Waals surface area contributed by atoms with Gasteiger partial charge in [-0.25, -0.2) is 0 Å². The maximum absolute atomic E-state index is 13.3. The third-order valence-electron chi connectivity index (χ3n) is 16.7. The van der Waals surface area contributed by atoms with E-state index in [9.17, 15) is 45.6 Å². The normalized spacial score (nSPS) is 24.4. The van der Waals surface area contributed by atoms with Gasteiger partial charge in [-0.15, -0.1) is 0 Å². The zero-order chi connectivity index (χ0) is 57.4. The monoisotopic (exact) mass is 1130 g/mol. The number of aliphatic hydroxyl groups is 8. The van der Waals surface area contributed by atoms with Crippen LogP contribution in [0.5, 0.6) is 0 Å². The van der Waals surface area contributed by atoms with Gasteiger partial charge in [0.15, 0.2) is 12.6 Å². The molecule has 14 nitrogen and oxygen atoms in total. The maximum atomic E-state index is 13.3. The van der Waals surface area contributed by atoms with Gasteiger partial charge in [-0.05, 0) is 19.3 Å². The van der Waals surface area contributed by atoms with Gasteiger partial charge in [0.1, 0.15) is 48.8 Å². The van der Waals surface area contributed by atoms with E-state index in [-0.39, 0.29) is 18.9 Å². The molecule has 2 aliphatic heterocycles. The van der Waals surface area contributed by atoms with Crippen molar-refractivity contribution in [3.8, 4) is 0 Å². The summed E-state index contributed by atoms with van der Waals surface area (Å²) in [5, 5.41) is 87.0. The number of rotatable bonds is 55. The number of hydrogen-bond acceptors (Lipinski definition) is 13. The van der Waals surface area contributed by atoms with Gasteiger partial charge in [0.05, 0.1) is 32.0 Å². The Balaban J connectivity index is 1.57. The first-order valence-corrected chi connectivity index (χ1v) is 33.4. The first-order chi connectivity index (χ1) is 38.6. The topological polar surface area (TPSA) is 228 Å². The minimum absolute atomic E-state index is 0.234. The SMILES string of the molecule is CCCCCCCCCCC/C=C/[C@@H](O)[C@H](CO[C@@H]1O[C@H](CO)[C@@H](O[C@@H]2O[C@H](CO)[C@H](O)C(O)C2O)C(O)C1O)NC(=O)CCCCCCCCCCCCCCCCCCCCCCCCCCCCCCCCCCCC. The standard InChI is InChI=1S/C65H125NO13/c1-3-5-7-9-11-13-15-16-17-18-19-20-21-22-23-24-25-26-27-28-29-30-31-32-33-34-35-36-37-39-41-43-45-47-49-57(70)66-53(54(69)48-46-44-42-40-38-14-12-10-8-6-4-2)52-76-64-62(75)60(73)63(56(51-68)78-64)79-65-61(74)59(72)58(71)55(50-67)77-65/h46,48,53-56,58-65,67-69,71-75H,3-45,47,49-52H2,1-2H3,(H,66,70)/b48-46+/t53-,54+,55+,56+,58-,59?,60?,61?,62?,63+,64+,65-/m0/s1. The molecule has 0 bridgehead atoms. The van der Waals surface area contributed by atoms with E-state index >= 15 is 0 Å². The largest absolute Gasteiger partial charge is 0.394 e. The van der Waals surface area contributed by atoms with Crippen molar-refractivity contribution in [3.05, 3.63) is 12.2 Å². The Kier molecular flexibility index (Phi) is 47.8. The Labute approximate surface area is 482 Å². The first kappa shape index (κ1) is 73.8. The van der Waals surface area contributed by atoms with E-state index in [1.807, 2.05) is 6.08 Å². The molecule has 9 N–H and O–H groups in total. The molecular weight excluding hydrogens is 1000 g/mol. The van der Waals surface area contributed by atoms with Crippen LogP contribution in [-0.2, 0) is 23.7 Å². The fourth-order valence-corrected chi connectivity index (χ4v) is 11.4. The van der Waals surface area contributed by atoms with Crippen molar-refractivity contribution >= 4 is 5.91 Å². The number of amides is 1. The molecule has 2 fully saturated rings. The van der Waals surface area contributed by atoms with Crippen LogP contribution in [0, 0.1) is 0 Å². The Hall–Kier alpha value is -1.27. The second kappa shape index (κ2) is 51.2. The molecule has 14 heteroatoms. The van der Waals surface area contributed by atoms with E-state index in [1.165, 1.54) is 238 Å². The van der Waals surface area contributed by atoms with Crippen molar-refractivity contribution in [1.29, 1.82) is 0 Å². The molecule has 2 heterocycles. The highest BCUT2D eigenvalue weighted by Crippen LogP contribution is 2.30. The average molecular weight is 1130 g/mol. The van der Waals surface area contributed by atoms with E-state index in [2.05, 4.69) is 19.2 Å². The maximum Gasteiger partial charge on any atom is 0.220 e. The third kappa shape index (κ3) is 36.2. The Morgan fingerprint density at radius 1 is 0.443 bits per heavy atom. The predicted molar refractivity (Wildman–Crippen MR) is 319 cm³/mol. The lowest BCUT2D eigenvalue weighted by atomic mass is 9.97. The quantitative estimate of drug-likeness (QED) is 0.0204. The van der Waals surface area contributed by atoms with Gasteiger partial charge < -0.3 is 65.1 Å². The number of aliphatic hydroxyl groups excluding tert-OH is 8. The molecule has 2 aliphatic rings. The summed E-state index contributed by atoms with van der Waals surface area (Å²) in [4.78, 5) is 13.3. The second-order valence-electron chi connectivity index (χ2n) is 24.0. The molecular formula is C65H125NO13. The summed E-state index contributed by atoms with van der Waals surface area (Å²) in [5.74, 6) is -0.234. The number of unbranched alkanes of at least 4 members (excludes halogenated alkanes) is 42. The van der Waals surface area contributed by atoms with Crippen molar-refractivity contribution in [2.24, 2.45) is 0 Å². The van der Waals surface area contributed by atoms with Crippen LogP contribution in [0.2, 0.25) is 0 Å². The molecule has 0 aromatic carbocycles. The van der Waals surface area contributed by atoms with E-state index in [4.69, 9.17) is 18.9 Å². The van der Waals surface area contributed by atoms with E-state index in [0.717, 1.165) is 38.5 Å². The Morgan fingerprint density at radius 3 is 1.16 bits per heavy atom. The summed E-state index contributed by atoms with van der Waals surface area (Å²) in [6.45, 7) is 2.81. The van der Waals surface area contributed by atoms with Gasteiger partial charge >= 0.3 is 0 Å². The molecule has 0 radical (unpaired) electrons. The van der Waals surface area contributed by atoms with Crippen LogP contribution in [0.15, 0.2) is 12.2 Å². The van der Waals surface area contributed by atoms with Gasteiger partial charge in [-0.1, -0.05) is 289 Å². The van der Waals surface area contributed by atoms with Gasteiger partial charge in [0, 0.05) is 6.42 Å². The fourth-order valence-electron chi connectivity index (χ4n) is 11.4. The molecule has 2 saturated heterocycles.